The van der Waals surface area contributed by atoms with Crippen molar-refractivity contribution in [3.63, 3.8) is 0 Å². The molecule has 0 fully saturated rings. The van der Waals surface area contributed by atoms with Crippen LogP contribution in [0, 0.1) is 0 Å². The van der Waals surface area contributed by atoms with Crippen LogP contribution in [0.2, 0.25) is 0 Å². The number of nitrogens with zero attached hydrogens (tertiary/aromatic N) is 3. The molecule has 2 aromatic heterocycles. The molecule has 46 heavy (non-hydrogen) atoms. The van der Waals surface area contributed by atoms with Gasteiger partial charge in [-0.15, -0.1) is 0 Å². The summed E-state index contributed by atoms with van der Waals surface area (Å²) in [6.07, 6.45) is 3.94. The Balaban J connectivity index is 1.51. The first kappa shape index (κ1) is 31.6. The monoisotopic (exact) mass is 699 g/mol. The predicted molar refractivity (Wildman–Crippen MR) is 184 cm³/mol. The zero-order chi connectivity index (χ0) is 32.5. The third-order valence-corrected chi connectivity index (χ3v) is 9.27. The molecule has 0 N–H and O–H groups in total. The predicted octanol–water partition coefficient (Wildman–Crippen LogP) is 6.36. The van der Waals surface area contributed by atoms with Gasteiger partial charge in [0.05, 0.1) is 41.7 Å². The number of para-hydroxylation sites is 1. The fourth-order valence-electron chi connectivity index (χ4n) is 5.76. The highest BCUT2D eigenvalue weighted by Gasteiger charge is 2.34. The number of hydrogen-bond donors (Lipinski definition) is 0. The molecule has 1 aliphatic heterocycles. The van der Waals surface area contributed by atoms with Gasteiger partial charge in [0.2, 0.25) is 0 Å². The van der Waals surface area contributed by atoms with Gasteiger partial charge in [-0.2, -0.15) is 0 Å². The maximum Gasteiger partial charge on any atom is 0.338 e. The summed E-state index contributed by atoms with van der Waals surface area (Å²) in [7, 11) is 1.57. The summed E-state index contributed by atoms with van der Waals surface area (Å²) in [6.45, 7) is 8.29. The number of carbonyl (C=O) groups is 1. The van der Waals surface area contributed by atoms with Crippen molar-refractivity contribution in [2.45, 2.75) is 46.4 Å². The van der Waals surface area contributed by atoms with E-state index in [0.29, 0.717) is 44.2 Å². The van der Waals surface area contributed by atoms with Crippen LogP contribution in [-0.2, 0) is 16.1 Å². The second-order valence-corrected chi connectivity index (χ2v) is 13.2. The first-order chi connectivity index (χ1) is 22.2. The van der Waals surface area contributed by atoms with E-state index < -0.39 is 12.0 Å². The number of esters is 1. The Morgan fingerprint density at radius 1 is 1.09 bits per heavy atom. The van der Waals surface area contributed by atoms with E-state index in [-0.39, 0.29) is 18.3 Å². The Morgan fingerprint density at radius 3 is 2.57 bits per heavy atom. The maximum atomic E-state index is 14.3. The Morgan fingerprint density at radius 2 is 1.85 bits per heavy atom. The first-order valence-electron chi connectivity index (χ1n) is 15.0. The number of hydrogen-bond acceptors (Lipinski definition) is 7. The molecule has 0 amide bonds. The smallest absolute Gasteiger partial charge is 0.338 e. The standard InChI is InChI=1S/C36H34BrN3O5S/c1-6-44-35(42)32-22(4)38-36-40(33(32)24-13-16-29(45-21(2)3)30(17-24)43-5)34(41)31(46-36)18-25-20-39(28-10-8-7-9-27(25)28)19-23-11-14-26(37)15-12-23/h7-18,20-21,33H,6,19H2,1-5H3/b31-18+/t33-/m0/s1. The van der Waals surface area contributed by atoms with Crippen LogP contribution >= 0.6 is 27.3 Å². The molecule has 0 unspecified atom stereocenters. The van der Waals surface area contributed by atoms with Crippen LogP contribution in [-0.4, -0.2) is 34.9 Å². The lowest BCUT2D eigenvalue weighted by Crippen LogP contribution is -2.40. The quantitative estimate of drug-likeness (QED) is 0.167. The number of methoxy groups -OCH3 is 1. The van der Waals surface area contributed by atoms with Crippen LogP contribution < -0.4 is 24.4 Å². The Kier molecular flexibility index (Phi) is 9.02. The number of benzene rings is 3. The van der Waals surface area contributed by atoms with Crippen molar-refractivity contribution in [1.29, 1.82) is 0 Å². The lowest BCUT2D eigenvalue weighted by atomic mass is 9.95. The summed E-state index contributed by atoms with van der Waals surface area (Å²) in [5.74, 6) is 0.567. The number of carbonyl (C=O) groups excluding carboxylic acids is 1. The molecular weight excluding hydrogens is 666 g/mol. The number of allylic oxidation sites excluding steroid dienone is 1. The average molecular weight is 701 g/mol. The van der Waals surface area contributed by atoms with Gasteiger partial charge in [-0.1, -0.05) is 63.7 Å². The highest BCUT2D eigenvalue weighted by molar-refractivity contribution is 9.10. The average Bonchev–Trinajstić information content (AvgIpc) is 3.53. The SMILES string of the molecule is CCOC(=O)C1=C(C)N=c2s/c(=C/c3cn(Cc4ccc(Br)cc4)c4ccccc34)c(=O)n2[C@H]1c1ccc(OC(C)C)c(OC)c1. The topological polar surface area (TPSA) is 84.1 Å². The molecule has 0 radical (unpaired) electrons. The molecule has 8 nitrogen and oxygen atoms in total. The van der Waals surface area contributed by atoms with Crippen molar-refractivity contribution in [3.05, 3.63) is 125 Å². The minimum atomic E-state index is -0.766. The Hall–Kier alpha value is -4.41. The molecule has 0 spiro atoms. The molecule has 6 rings (SSSR count). The van der Waals surface area contributed by atoms with E-state index in [2.05, 4.69) is 51.0 Å². The van der Waals surface area contributed by atoms with Gasteiger partial charge in [0, 0.05) is 33.7 Å². The lowest BCUT2D eigenvalue weighted by molar-refractivity contribution is -0.139. The minimum absolute atomic E-state index is 0.0598. The largest absolute Gasteiger partial charge is 0.493 e. The Bertz CT molecular complexity index is 2160. The molecule has 5 aromatic rings. The van der Waals surface area contributed by atoms with Crippen LogP contribution in [0.1, 0.15) is 50.4 Å². The fourth-order valence-corrected chi connectivity index (χ4v) is 7.06. The second-order valence-electron chi connectivity index (χ2n) is 11.2. The molecule has 10 heteroatoms. The molecular formula is C36H34BrN3O5S. The van der Waals surface area contributed by atoms with Crippen molar-refractivity contribution in [3.8, 4) is 11.5 Å². The van der Waals surface area contributed by atoms with Crippen LogP contribution in [0.4, 0.5) is 0 Å². The molecule has 1 aliphatic rings. The van der Waals surface area contributed by atoms with Gasteiger partial charge < -0.3 is 18.8 Å². The molecule has 0 saturated heterocycles. The molecule has 0 aliphatic carbocycles. The van der Waals surface area contributed by atoms with Crippen molar-refractivity contribution >= 4 is 50.2 Å². The summed E-state index contributed by atoms with van der Waals surface area (Å²) in [5, 5.41) is 1.04. The van der Waals surface area contributed by atoms with Gasteiger partial charge in [-0.3, -0.25) is 9.36 Å². The highest BCUT2D eigenvalue weighted by Crippen LogP contribution is 2.36. The third kappa shape index (κ3) is 6.07. The number of rotatable bonds is 9. The normalized spacial score (nSPS) is 14.8. The number of thiazole rings is 1. The van der Waals surface area contributed by atoms with Gasteiger partial charge in [-0.05, 0) is 75.2 Å². The molecule has 3 heterocycles. The van der Waals surface area contributed by atoms with Crippen LogP contribution in [0.25, 0.3) is 17.0 Å². The van der Waals surface area contributed by atoms with E-state index in [1.807, 2.05) is 62.4 Å². The summed E-state index contributed by atoms with van der Waals surface area (Å²) < 4.78 is 22.4. The highest BCUT2D eigenvalue weighted by atomic mass is 79.9. The van der Waals surface area contributed by atoms with Crippen molar-refractivity contribution < 1.29 is 19.0 Å². The van der Waals surface area contributed by atoms with Crippen molar-refractivity contribution in [1.82, 2.24) is 9.13 Å². The summed E-state index contributed by atoms with van der Waals surface area (Å²) >= 11 is 4.82. The molecule has 236 valence electrons. The molecule has 3 aromatic carbocycles. The van der Waals surface area contributed by atoms with Crippen LogP contribution in [0.3, 0.4) is 0 Å². The fraction of sp³-hybridized carbons (Fsp3) is 0.250. The van der Waals surface area contributed by atoms with Crippen molar-refractivity contribution in [2.24, 2.45) is 4.99 Å². The second kappa shape index (κ2) is 13.1. The lowest BCUT2D eigenvalue weighted by Gasteiger charge is -2.25. The van der Waals surface area contributed by atoms with E-state index in [1.165, 1.54) is 11.3 Å². The van der Waals surface area contributed by atoms with E-state index in [4.69, 9.17) is 19.2 Å². The van der Waals surface area contributed by atoms with Crippen LogP contribution in [0.15, 0.2) is 98.5 Å². The number of ether oxygens (including phenoxy) is 3. The van der Waals surface area contributed by atoms with Crippen molar-refractivity contribution in [2.75, 3.05) is 13.7 Å². The first-order valence-corrected chi connectivity index (χ1v) is 16.7. The minimum Gasteiger partial charge on any atom is -0.493 e. The zero-order valence-electron chi connectivity index (χ0n) is 26.2. The van der Waals surface area contributed by atoms with Gasteiger partial charge in [0.15, 0.2) is 16.3 Å². The van der Waals surface area contributed by atoms with E-state index in [9.17, 15) is 9.59 Å². The van der Waals surface area contributed by atoms with Gasteiger partial charge in [0.25, 0.3) is 5.56 Å². The van der Waals surface area contributed by atoms with Gasteiger partial charge >= 0.3 is 5.97 Å². The number of aromatic nitrogens is 2. The van der Waals surface area contributed by atoms with E-state index >= 15 is 0 Å². The molecule has 0 saturated carbocycles. The third-order valence-electron chi connectivity index (χ3n) is 7.76. The Labute approximate surface area is 279 Å². The summed E-state index contributed by atoms with van der Waals surface area (Å²) in [5.41, 5.74) is 4.41. The van der Waals surface area contributed by atoms with Gasteiger partial charge in [0.1, 0.15) is 0 Å². The van der Waals surface area contributed by atoms with E-state index in [1.54, 1.807) is 25.5 Å². The van der Waals surface area contributed by atoms with Gasteiger partial charge in [-0.25, -0.2) is 9.79 Å². The maximum absolute atomic E-state index is 14.3. The summed E-state index contributed by atoms with van der Waals surface area (Å²) in [6, 6.07) is 21.1. The molecule has 0 bridgehead atoms. The van der Waals surface area contributed by atoms with Crippen LogP contribution in [0.5, 0.6) is 11.5 Å². The number of halogens is 1. The number of fused-ring (bicyclic) bond motifs is 2. The zero-order valence-corrected chi connectivity index (χ0v) is 28.6. The summed E-state index contributed by atoms with van der Waals surface area (Å²) in [4.78, 5) is 32.9. The molecule has 1 atom stereocenters. The van der Waals surface area contributed by atoms with E-state index in [0.717, 1.165) is 26.5 Å².